The third kappa shape index (κ3) is 2.17. The molecule has 0 amide bonds. The zero-order valence-corrected chi connectivity index (χ0v) is 11.0. The molecule has 0 saturated heterocycles. The zero-order chi connectivity index (χ0) is 13.2. The molecule has 0 saturated carbocycles. The van der Waals surface area contributed by atoms with E-state index in [2.05, 4.69) is 10.1 Å². The lowest BCUT2D eigenvalue weighted by molar-refractivity contribution is 0.408. The van der Waals surface area contributed by atoms with E-state index in [0.29, 0.717) is 17.4 Å². The topological polar surface area (TPSA) is 74.2 Å². The molecule has 0 unspecified atom stereocenters. The second-order valence-electron chi connectivity index (χ2n) is 3.87. The molecule has 0 bridgehead atoms. The molecule has 0 radical (unpaired) electrons. The Kier molecular flexibility index (Phi) is 2.92. The number of nitrogen functional groups attached to an aromatic ring is 1. The molecule has 2 N–H and O–H groups in total. The number of rotatable bonds is 3. The van der Waals surface area contributed by atoms with Gasteiger partial charge in [-0.3, -0.25) is 0 Å². The Morgan fingerprint density at radius 3 is 3.00 bits per heavy atom. The van der Waals surface area contributed by atoms with Gasteiger partial charge in [0.1, 0.15) is 10.6 Å². The maximum absolute atomic E-state index is 5.74. The fraction of sp³-hybridized carbons (Fsp3) is 0.0769. The van der Waals surface area contributed by atoms with Gasteiger partial charge in [0.15, 0.2) is 0 Å². The summed E-state index contributed by atoms with van der Waals surface area (Å²) in [7, 11) is 1.61. The molecule has 0 spiro atoms. The molecule has 0 atom stereocenters. The van der Waals surface area contributed by atoms with Crippen LogP contribution in [0.2, 0.25) is 0 Å². The van der Waals surface area contributed by atoms with Crippen LogP contribution in [-0.2, 0) is 0 Å². The number of ether oxygens (including phenoxy) is 1. The highest BCUT2D eigenvalue weighted by Crippen LogP contribution is 2.35. The molecule has 0 fully saturated rings. The van der Waals surface area contributed by atoms with Crippen molar-refractivity contribution in [3.8, 4) is 27.9 Å². The van der Waals surface area contributed by atoms with Crippen molar-refractivity contribution < 1.29 is 9.26 Å². The van der Waals surface area contributed by atoms with Crippen molar-refractivity contribution in [2.45, 2.75) is 0 Å². The Balaban J connectivity index is 2.00. The summed E-state index contributed by atoms with van der Waals surface area (Å²) in [6.45, 7) is 0. The van der Waals surface area contributed by atoms with Crippen molar-refractivity contribution in [2.24, 2.45) is 0 Å². The van der Waals surface area contributed by atoms with Gasteiger partial charge >= 0.3 is 0 Å². The largest absolute Gasteiger partial charge is 0.495 e. The van der Waals surface area contributed by atoms with Crippen molar-refractivity contribution >= 4 is 17.0 Å². The first-order valence-corrected chi connectivity index (χ1v) is 6.47. The van der Waals surface area contributed by atoms with Crippen molar-refractivity contribution in [2.75, 3.05) is 12.8 Å². The first-order valence-electron chi connectivity index (χ1n) is 5.59. The molecule has 6 heteroatoms. The number of methoxy groups -OCH3 is 1. The summed E-state index contributed by atoms with van der Waals surface area (Å²) in [5.41, 5.74) is 7.23. The number of nitrogens with two attached hydrogens (primary N) is 1. The second-order valence-corrected chi connectivity index (χ2v) is 4.78. The predicted octanol–water partition coefficient (Wildman–Crippen LogP) is 3.06. The minimum Gasteiger partial charge on any atom is -0.495 e. The normalized spacial score (nSPS) is 10.6. The van der Waals surface area contributed by atoms with Crippen LogP contribution in [0.1, 0.15) is 0 Å². The van der Waals surface area contributed by atoms with E-state index in [1.807, 2.05) is 29.6 Å². The van der Waals surface area contributed by atoms with Gasteiger partial charge in [-0.2, -0.15) is 4.98 Å². The molecule has 0 aliphatic carbocycles. The summed E-state index contributed by atoms with van der Waals surface area (Å²) in [6.07, 6.45) is 0. The minimum atomic E-state index is 0.448. The van der Waals surface area contributed by atoms with Crippen LogP contribution in [0, 0.1) is 0 Å². The Morgan fingerprint density at radius 1 is 1.32 bits per heavy atom. The van der Waals surface area contributed by atoms with Gasteiger partial charge in [-0.1, -0.05) is 17.3 Å². The lowest BCUT2D eigenvalue weighted by atomic mass is 10.2. The minimum absolute atomic E-state index is 0.448. The number of thiophene rings is 1. The molecule has 1 aromatic carbocycles. The van der Waals surface area contributed by atoms with E-state index in [1.165, 1.54) is 11.3 Å². The fourth-order valence-corrected chi connectivity index (χ4v) is 2.50. The summed E-state index contributed by atoms with van der Waals surface area (Å²) in [6, 6.07) is 9.22. The number of hydrogen-bond acceptors (Lipinski definition) is 6. The standard InChI is InChI=1S/C13H11N3O2S/c1-17-10-5-6-19-11(10)13-15-12(16-18-13)8-3-2-4-9(14)7-8/h2-7H,14H2,1H3. The molecule has 3 aromatic rings. The van der Waals surface area contributed by atoms with Crippen molar-refractivity contribution in [1.82, 2.24) is 10.1 Å². The van der Waals surface area contributed by atoms with Crippen molar-refractivity contribution in [1.29, 1.82) is 0 Å². The van der Waals surface area contributed by atoms with Crippen LogP contribution in [0.25, 0.3) is 22.2 Å². The molecular weight excluding hydrogens is 262 g/mol. The van der Waals surface area contributed by atoms with Gasteiger partial charge in [0.2, 0.25) is 5.82 Å². The molecule has 96 valence electrons. The van der Waals surface area contributed by atoms with E-state index in [-0.39, 0.29) is 0 Å². The van der Waals surface area contributed by atoms with Crippen molar-refractivity contribution in [3.63, 3.8) is 0 Å². The summed E-state index contributed by atoms with van der Waals surface area (Å²) >= 11 is 1.49. The number of anilines is 1. The fourth-order valence-electron chi connectivity index (χ4n) is 1.72. The monoisotopic (exact) mass is 273 g/mol. The zero-order valence-electron chi connectivity index (χ0n) is 10.2. The predicted molar refractivity (Wildman–Crippen MR) is 74.0 cm³/mol. The van der Waals surface area contributed by atoms with Crippen LogP contribution >= 0.6 is 11.3 Å². The van der Waals surface area contributed by atoms with Gasteiger partial charge in [-0.15, -0.1) is 11.3 Å². The van der Waals surface area contributed by atoms with Crippen LogP contribution in [0.5, 0.6) is 5.75 Å². The second kappa shape index (κ2) is 4.74. The summed E-state index contributed by atoms with van der Waals surface area (Å²) < 4.78 is 10.5. The van der Waals surface area contributed by atoms with Gasteiger partial charge < -0.3 is 15.0 Å². The average molecular weight is 273 g/mol. The maximum atomic E-state index is 5.74. The highest BCUT2D eigenvalue weighted by molar-refractivity contribution is 7.13. The number of hydrogen-bond donors (Lipinski definition) is 1. The molecule has 19 heavy (non-hydrogen) atoms. The van der Waals surface area contributed by atoms with Gasteiger partial charge in [-0.05, 0) is 23.6 Å². The first-order chi connectivity index (χ1) is 9.28. The van der Waals surface area contributed by atoms with E-state index in [1.54, 1.807) is 13.2 Å². The molecular formula is C13H11N3O2S. The Bertz CT molecular complexity index is 705. The quantitative estimate of drug-likeness (QED) is 0.742. The van der Waals surface area contributed by atoms with Crippen LogP contribution in [-0.4, -0.2) is 17.3 Å². The van der Waals surface area contributed by atoms with Crippen LogP contribution in [0.4, 0.5) is 5.69 Å². The smallest absolute Gasteiger partial charge is 0.272 e. The summed E-state index contributed by atoms with van der Waals surface area (Å²) in [4.78, 5) is 5.19. The SMILES string of the molecule is COc1ccsc1-c1nc(-c2cccc(N)c2)no1. The first kappa shape index (κ1) is 11.7. The Labute approximate surface area is 113 Å². The lowest BCUT2D eigenvalue weighted by Crippen LogP contribution is -1.86. The van der Waals surface area contributed by atoms with Crippen LogP contribution in [0.15, 0.2) is 40.2 Å². The number of aromatic nitrogens is 2. The van der Waals surface area contributed by atoms with Gasteiger partial charge in [0.05, 0.1) is 7.11 Å². The highest BCUT2D eigenvalue weighted by Gasteiger charge is 2.16. The molecule has 0 aliphatic rings. The average Bonchev–Trinajstić information content (AvgIpc) is 3.07. The van der Waals surface area contributed by atoms with E-state index in [9.17, 15) is 0 Å². The number of benzene rings is 1. The van der Waals surface area contributed by atoms with E-state index >= 15 is 0 Å². The lowest BCUT2D eigenvalue weighted by Gasteiger charge is -1.96. The van der Waals surface area contributed by atoms with Gasteiger partial charge in [-0.25, -0.2) is 0 Å². The van der Waals surface area contributed by atoms with E-state index < -0.39 is 0 Å². The van der Waals surface area contributed by atoms with E-state index in [0.717, 1.165) is 16.2 Å². The molecule has 0 aliphatic heterocycles. The third-order valence-electron chi connectivity index (χ3n) is 2.61. The molecule has 3 rings (SSSR count). The number of nitrogens with zero attached hydrogens (tertiary/aromatic N) is 2. The van der Waals surface area contributed by atoms with E-state index in [4.69, 9.17) is 15.0 Å². The Hall–Kier alpha value is -2.34. The van der Waals surface area contributed by atoms with Crippen LogP contribution < -0.4 is 10.5 Å². The van der Waals surface area contributed by atoms with Gasteiger partial charge in [0.25, 0.3) is 5.89 Å². The maximum Gasteiger partial charge on any atom is 0.272 e. The summed E-state index contributed by atoms with van der Waals surface area (Å²) in [5, 5.41) is 5.88. The van der Waals surface area contributed by atoms with Gasteiger partial charge in [0, 0.05) is 11.3 Å². The highest BCUT2D eigenvalue weighted by atomic mass is 32.1. The van der Waals surface area contributed by atoms with Crippen molar-refractivity contribution in [3.05, 3.63) is 35.7 Å². The Morgan fingerprint density at radius 2 is 2.21 bits per heavy atom. The molecule has 5 nitrogen and oxygen atoms in total. The summed E-state index contributed by atoms with van der Waals surface area (Å²) in [5.74, 6) is 1.69. The molecule has 2 heterocycles. The molecule has 2 aromatic heterocycles. The third-order valence-corrected chi connectivity index (χ3v) is 3.50. The van der Waals surface area contributed by atoms with Crippen LogP contribution in [0.3, 0.4) is 0 Å².